The van der Waals surface area contributed by atoms with Gasteiger partial charge in [-0.3, -0.25) is 9.59 Å². The number of rotatable bonds is 3. The second-order valence-corrected chi connectivity index (χ2v) is 5.61. The monoisotopic (exact) mass is 295 g/mol. The summed E-state index contributed by atoms with van der Waals surface area (Å²) in [6.45, 7) is 3.10. The number of likely N-dealkylation sites (tertiary alicyclic amines) is 1. The molecule has 20 heavy (non-hydrogen) atoms. The minimum atomic E-state index is -0.272. The molecule has 0 radical (unpaired) electrons. The van der Waals surface area contributed by atoms with Crippen LogP contribution in [0.15, 0.2) is 12.1 Å². The first-order valence-electron chi connectivity index (χ1n) is 6.67. The fourth-order valence-corrected chi connectivity index (χ4v) is 2.81. The van der Waals surface area contributed by atoms with Crippen LogP contribution in [0.1, 0.15) is 35.3 Å². The van der Waals surface area contributed by atoms with Gasteiger partial charge in [0, 0.05) is 30.8 Å². The van der Waals surface area contributed by atoms with Gasteiger partial charge < -0.3 is 10.6 Å². The molecule has 0 saturated carbocycles. The molecule has 0 unspecified atom stereocenters. The van der Waals surface area contributed by atoms with Crippen molar-refractivity contribution in [3.63, 3.8) is 0 Å². The minimum absolute atomic E-state index is 0.0325. The van der Waals surface area contributed by atoms with E-state index in [0.717, 1.165) is 18.5 Å². The molecule has 1 aliphatic rings. The quantitative estimate of drug-likeness (QED) is 0.864. The molecule has 2 N–H and O–H groups in total. The van der Waals surface area contributed by atoms with E-state index in [1.807, 2.05) is 6.92 Å². The second kappa shape index (κ2) is 6.22. The Labute approximate surface area is 123 Å². The van der Waals surface area contributed by atoms with Crippen LogP contribution in [0.5, 0.6) is 0 Å². The number of carbonyl (C=O) groups is 2. The molecule has 108 valence electrons. The van der Waals surface area contributed by atoms with E-state index in [2.05, 4.69) is 4.98 Å². The van der Waals surface area contributed by atoms with Crippen LogP contribution in [0.4, 0.5) is 0 Å². The molecule has 0 aliphatic carbocycles. The number of aryl methyl sites for hydroxylation is 1. The zero-order valence-corrected chi connectivity index (χ0v) is 12.2. The molecule has 2 amide bonds. The van der Waals surface area contributed by atoms with E-state index in [4.69, 9.17) is 17.3 Å². The highest BCUT2D eigenvalue weighted by Gasteiger charge is 2.24. The molecule has 0 aromatic carbocycles. The summed E-state index contributed by atoms with van der Waals surface area (Å²) in [6, 6.07) is 3.33. The number of hydrogen-bond acceptors (Lipinski definition) is 3. The summed E-state index contributed by atoms with van der Waals surface area (Å²) in [4.78, 5) is 29.1. The maximum atomic E-state index is 12.4. The number of nitrogens with zero attached hydrogens (tertiary/aromatic N) is 2. The highest BCUT2D eigenvalue weighted by molar-refractivity contribution is 6.29. The first kappa shape index (κ1) is 14.8. The normalized spacial score (nSPS) is 16.2. The zero-order valence-electron chi connectivity index (χ0n) is 11.4. The predicted octanol–water partition coefficient (Wildman–Crippen LogP) is 1.77. The number of nitrogens with two attached hydrogens (primary N) is 1. The van der Waals surface area contributed by atoms with E-state index in [9.17, 15) is 9.59 Å². The number of primary amides is 1. The van der Waals surface area contributed by atoms with Crippen LogP contribution in [0, 0.1) is 12.8 Å². The van der Waals surface area contributed by atoms with Crippen molar-refractivity contribution in [2.45, 2.75) is 26.2 Å². The lowest BCUT2D eigenvalue weighted by Gasteiger charge is -2.31. The zero-order chi connectivity index (χ0) is 14.7. The van der Waals surface area contributed by atoms with Crippen molar-refractivity contribution in [3.8, 4) is 0 Å². The Morgan fingerprint density at radius 2 is 2.05 bits per heavy atom. The fourth-order valence-electron chi connectivity index (χ4n) is 2.56. The Hall–Kier alpha value is -1.62. The molecule has 6 heteroatoms. The lowest BCUT2D eigenvalue weighted by molar-refractivity contribution is -0.119. The van der Waals surface area contributed by atoms with E-state index in [-0.39, 0.29) is 11.8 Å². The molecule has 0 spiro atoms. The molecule has 0 atom stereocenters. The first-order chi connectivity index (χ1) is 9.45. The predicted molar refractivity (Wildman–Crippen MR) is 76.4 cm³/mol. The molecule has 0 bridgehead atoms. The Bertz CT molecular complexity index is 505. The van der Waals surface area contributed by atoms with Crippen LogP contribution in [0.3, 0.4) is 0 Å². The Kier molecular flexibility index (Phi) is 4.60. The molecular formula is C14H18ClN3O2. The molecule has 1 aliphatic heterocycles. The highest BCUT2D eigenvalue weighted by atomic mass is 35.5. The summed E-state index contributed by atoms with van der Waals surface area (Å²) in [7, 11) is 0. The number of piperidine rings is 1. The fraction of sp³-hybridized carbons (Fsp3) is 0.500. The van der Waals surface area contributed by atoms with E-state index < -0.39 is 0 Å². The van der Waals surface area contributed by atoms with Gasteiger partial charge in [-0.2, -0.15) is 0 Å². The van der Waals surface area contributed by atoms with Gasteiger partial charge in [-0.15, -0.1) is 0 Å². The van der Waals surface area contributed by atoms with Gasteiger partial charge >= 0.3 is 0 Å². The summed E-state index contributed by atoms with van der Waals surface area (Å²) in [6.07, 6.45) is 2.03. The Morgan fingerprint density at radius 1 is 1.40 bits per heavy atom. The van der Waals surface area contributed by atoms with E-state index in [1.54, 1.807) is 17.0 Å². The van der Waals surface area contributed by atoms with Crippen molar-refractivity contribution in [1.82, 2.24) is 9.88 Å². The molecule has 2 heterocycles. The highest BCUT2D eigenvalue weighted by Crippen LogP contribution is 2.22. The van der Waals surface area contributed by atoms with Gasteiger partial charge in [-0.1, -0.05) is 11.6 Å². The third kappa shape index (κ3) is 3.70. The SMILES string of the molecule is Cc1cc(C(=O)N2CCC(CC(N)=O)CC2)cc(Cl)n1. The number of aromatic nitrogens is 1. The molecule has 1 saturated heterocycles. The van der Waals surface area contributed by atoms with Crippen LogP contribution in [0.2, 0.25) is 5.15 Å². The largest absolute Gasteiger partial charge is 0.370 e. The lowest BCUT2D eigenvalue weighted by atomic mass is 9.93. The molecule has 1 fully saturated rings. The first-order valence-corrected chi connectivity index (χ1v) is 7.05. The van der Waals surface area contributed by atoms with Gasteiger partial charge in [-0.25, -0.2) is 4.98 Å². The summed E-state index contributed by atoms with van der Waals surface area (Å²) in [5.41, 5.74) is 6.49. The van der Waals surface area contributed by atoms with Gasteiger partial charge in [0.05, 0.1) is 0 Å². The second-order valence-electron chi connectivity index (χ2n) is 5.23. The maximum absolute atomic E-state index is 12.4. The minimum Gasteiger partial charge on any atom is -0.370 e. The summed E-state index contributed by atoms with van der Waals surface area (Å²) < 4.78 is 0. The van der Waals surface area contributed by atoms with Crippen LogP contribution in [-0.4, -0.2) is 34.8 Å². The molecule has 1 aromatic rings. The maximum Gasteiger partial charge on any atom is 0.254 e. The van der Waals surface area contributed by atoms with Gasteiger partial charge in [0.25, 0.3) is 5.91 Å². The average molecular weight is 296 g/mol. The van der Waals surface area contributed by atoms with Crippen molar-refractivity contribution in [2.75, 3.05) is 13.1 Å². The van der Waals surface area contributed by atoms with Crippen LogP contribution >= 0.6 is 11.6 Å². The molecule has 1 aromatic heterocycles. The van der Waals surface area contributed by atoms with Crippen molar-refractivity contribution >= 4 is 23.4 Å². The summed E-state index contributed by atoms with van der Waals surface area (Å²) in [5, 5.41) is 0.331. The van der Waals surface area contributed by atoms with E-state index in [0.29, 0.717) is 36.1 Å². The summed E-state index contributed by atoms with van der Waals surface area (Å²) in [5.74, 6) is -0.0134. The topological polar surface area (TPSA) is 76.3 Å². The molecule has 2 rings (SSSR count). The van der Waals surface area contributed by atoms with E-state index >= 15 is 0 Å². The summed E-state index contributed by atoms with van der Waals surface area (Å²) >= 11 is 5.88. The standard InChI is InChI=1S/C14H18ClN3O2/c1-9-6-11(8-12(15)17-9)14(20)18-4-2-10(3-5-18)7-13(16)19/h6,8,10H,2-5,7H2,1H3,(H2,16,19). The Balaban J connectivity index is 1.99. The van der Waals surface area contributed by atoms with Crippen molar-refractivity contribution in [1.29, 1.82) is 0 Å². The van der Waals surface area contributed by atoms with Crippen LogP contribution in [-0.2, 0) is 4.79 Å². The number of hydrogen-bond donors (Lipinski definition) is 1. The smallest absolute Gasteiger partial charge is 0.254 e. The van der Waals surface area contributed by atoms with Gasteiger partial charge in [-0.05, 0) is 37.8 Å². The molecule has 5 nitrogen and oxygen atoms in total. The average Bonchev–Trinajstić information content (AvgIpc) is 2.37. The van der Waals surface area contributed by atoms with Crippen LogP contribution < -0.4 is 5.73 Å². The van der Waals surface area contributed by atoms with Gasteiger partial charge in [0.2, 0.25) is 5.91 Å². The number of carbonyl (C=O) groups excluding carboxylic acids is 2. The van der Waals surface area contributed by atoms with Gasteiger partial charge in [0.1, 0.15) is 5.15 Å². The van der Waals surface area contributed by atoms with Crippen molar-refractivity contribution in [3.05, 3.63) is 28.5 Å². The number of amides is 2. The van der Waals surface area contributed by atoms with Gasteiger partial charge in [0.15, 0.2) is 0 Å². The van der Waals surface area contributed by atoms with E-state index in [1.165, 1.54) is 0 Å². The molecular weight excluding hydrogens is 278 g/mol. The van der Waals surface area contributed by atoms with Crippen LogP contribution in [0.25, 0.3) is 0 Å². The van der Waals surface area contributed by atoms with Crippen molar-refractivity contribution in [2.24, 2.45) is 11.7 Å². The third-order valence-corrected chi connectivity index (χ3v) is 3.75. The number of pyridine rings is 1. The lowest BCUT2D eigenvalue weighted by Crippen LogP contribution is -2.39. The number of halogens is 1. The van der Waals surface area contributed by atoms with Crippen molar-refractivity contribution < 1.29 is 9.59 Å². The third-order valence-electron chi connectivity index (χ3n) is 3.56. The Morgan fingerprint density at radius 3 is 2.60 bits per heavy atom.